The molecule has 3 aromatic carbocycles. The van der Waals surface area contributed by atoms with Gasteiger partial charge in [-0.25, -0.2) is 8.78 Å². The van der Waals surface area contributed by atoms with E-state index in [0.717, 1.165) is 35.6 Å². The molecule has 0 aromatic heterocycles. The Hall–Kier alpha value is -3.66. The number of aliphatic hydroxyl groups is 2. The Morgan fingerprint density at radius 2 is 1.63 bits per heavy atom. The van der Waals surface area contributed by atoms with Crippen LogP contribution in [0.1, 0.15) is 75.7 Å². The monoisotopic (exact) mass is 593 g/mol. The van der Waals surface area contributed by atoms with Crippen LogP contribution in [0.5, 0.6) is 0 Å². The van der Waals surface area contributed by atoms with E-state index in [1.807, 2.05) is 38.1 Å². The van der Waals surface area contributed by atoms with Crippen LogP contribution in [0.25, 0.3) is 0 Å². The van der Waals surface area contributed by atoms with Crippen LogP contribution < -0.4 is 10.6 Å². The molecular formula is C34H41F2N3O4. The standard InChI is InChI=1S/C34H41F2N3O4/c1-4-10-39(11-5-2)34(43)25-13-21(3)12-24(17-25)33(42)38-29(16-22-14-26(35)19-27(36)15-22)31(41)20-37-32-28-9-7-6-8-23(28)18-30(32)40/h6-9,12-15,17,19,29-32,37,40-41H,4-5,10-11,16,18,20H2,1-3H3,(H,38,42)/t29-,30+,31+,32-/m0/s1. The maximum atomic E-state index is 14.0. The second-order valence-corrected chi connectivity index (χ2v) is 11.4. The first-order valence-corrected chi connectivity index (χ1v) is 14.9. The molecule has 0 radical (unpaired) electrons. The molecule has 0 saturated heterocycles. The van der Waals surface area contributed by atoms with Crippen molar-refractivity contribution in [1.29, 1.82) is 0 Å². The van der Waals surface area contributed by atoms with Crippen molar-refractivity contribution in [2.45, 2.75) is 70.7 Å². The number of nitrogens with one attached hydrogen (secondary N) is 2. The van der Waals surface area contributed by atoms with Crippen molar-refractivity contribution in [1.82, 2.24) is 15.5 Å². The van der Waals surface area contributed by atoms with E-state index >= 15 is 0 Å². The number of rotatable bonds is 13. The summed E-state index contributed by atoms with van der Waals surface area (Å²) in [6.07, 6.45) is 0.190. The number of halogens is 2. The molecule has 0 fully saturated rings. The van der Waals surface area contributed by atoms with Crippen LogP contribution in [0.2, 0.25) is 0 Å². The smallest absolute Gasteiger partial charge is 0.253 e. The summed E-state index contributed by atoms with van der Waals surface area (Å²) < 4.78 is 28.0. The van der Waals surface area contributed by atoms with Gasteiger partial charge in [0.2, 0.25) is 0 Å². The van der Waals surface area contributed by atoms with Crippen molar-refractivity contribution in [3.05, 3.63) is 106 Å². The highest BCUT2D eigenvalue weighted by atomic mass is 19.1. The summed E-state index contributed by atoms with van der Waals surface area (Å²) in [7, 11) is 0. The van der Waals surface area contributed by atoms with Gasteiger partial charge in [-0.2, -0.15) is 0 Å². The fourth-order valence-corrected chi connectivity index (χ4v) is 5.80. The van der Waals surface area contributed by atoms with Crippen LogP contribution in [0, 0.1) is 18.6 Å². The number of benzene rings is 3. The average Bonchev–Trinajstić information content (AvgIpc) is 3.28. The van der Waals surface area contributed by atoms with E-state index in [0.29, 0.717) is 25.1 Å². The summed E-state index contributed by atoms with van der Waals surface area (Å²) in [5, 5.41) is 28.0. The van der Waals surface area contributed by atoms with Gasteiger partial charge in [-0.15, -0.1) is 0 Å². The summed E-state index contributed by atoms with van der Waals surface area (Å²) in [5.74, 6) is -2.21. The molecular weight excluding hydrogens is 552 g/mol. The molecule has 0 spiro atoms. The van der Waals surface area contributed by atoms with Crippen LogP contribution in [0.3, 0.4) is 0 Å². The maximum Gasteiger partial charge on any atom is 0.253 e. The Kier molecular flexibility index (Phi) is 11.0. The quantitative estimate of drug-likeness (QED) is 0.234. The van der Waals surface area contributed by atoms with Gasteiger partial charge in [0.25, 0.3) is 11.8 Å². The number of amides is 2. The van der Waals surface area contributed by atoms with Crippen LogP contribution >= 0.6 is 0 Å². The van der Waals surface area contributed by atoms with Gasteiger partial charge in [0.05, 0.1) is 24.3 Å². The first-order chi connectivity index (χ1) is 20.6. The van der Waals surface area contributed by atoms with Crippen LogP contribution in [-0.2, 0) is 12.8 Å². The third-order valence-electron chi connectivity index (χ3n) is 7.77. The molecule has 4 N–H and O–H groups in total. The molecule has 1 aliphatic rings. The van der Waals surface area contributed by atoms with Crippen LogP contribution in [0.15, 0.2) is 60.7 Å². The molecule has 9 heteroatoms. The lowest BCUT2D eigenvalue weighted by Crippen LogP contribution is -2.49. The topological polar surface area (TPSA) is 102 Å². The van der Waals surface area contributed by atoms with E-state index in [2.05, 4.69) is 10.6 Å². The van der Waals surface area contributed by atoms with E-state index in [9.17, 15) is 28.6 Å². The van der Waals surface area contributed by atoms with Gasteiger partial charge in [0.15, 0.2) is 0 Å². The molecule has 3 aromatic rings. The van der Waals surface area contributed by atoms with E-state index in [-0.39, 0.29) is 30.0 Å². The maximum absolute atomic E-state index is 14.0. The summed E-state index contributed by atoms with van der Waals surface area (Å²) in [6, 6.07) is 14.3. The van der Waals surface area contributed by atoms with E-state index < -0.39 is 41.8 Å². The Morgan fingerprint density at radius 1 is 0.977 bits per heavy atom. The molecule has 0 saturated carbocycles. The third-order valence-corrected chi connectivity index (χ3v) is 7.77. The lowest BCUT2D eigenvalue weighted by Gasteiger charge is -2.27. The van der Waals surface area contributed by atoms with E-state index in [1.165, 1.54) is 12.1 Å². The largest absolute Gasteiger partial charge is 0.391 e. The molecule has 2 amide bonds. The molecule has 4 atom stereocenters. The molecule has 230 valence electrons. The number of hydrogen-bond acceptors (Lipinski definition) is 5. The molecule has 0 unspecified atom stereocenters. The van der Waals surface area contributed by atoms with Gasteiger partial charge < -0.3 is 25.7 Å². The van der Waals surface area contributed by atoms with E-state index in [4.69, 9.17) is 0 Å². The van der Waals surface area contributed by atoms with Crippen LogP contribution in [-0.4, -0.2) is 64.8 Å². The Morgan fingerprint density at radius 3 is 2.30 bits per heavy atom. The predicted octanol–water partition coefficient (Wildman–Crippen LogP) is 4.49. The Labute approximate surface area is 251 Å². The van der Waals surface area contributed by atoms with Gasteiger partial charge in [0.1, 0.15) is 11.6 Å². The Bertz CT molecular complexity index is 1410. The van der Waals surface area contributed by atoms with Gasteiger partial charge in [-0.05, 0) is 78.8 Å². The Balaban J connectivity index is 1.55. The summed E-state index contributed by atoms with van der Waals surface area (Å²) in [5.41, 5.74) is 3.58. The number of carbonyl (C=O) groups excluding carboxylic acids is 2. The number of carbonyl (C=O) groups is 2. The zero-order chi connectivity index (χ0) is 31.1. The van der Waals surface area contributed by atoms with Gasteiger partial charge in [-0.1, -0.05) is 38.1 Å². The zero-order valence-electron chi connectivity index (χ0n) is 24.9. The number of fused-ring (bicyclic) bond motifs is 1. The second-order valence-electron chi connectivity index (χ2n) is 11.4. The van der Waals surface area contributed by atoms with Gasteiger partial charge in [-0.3, -0.25) is 9.59 Å². The molecule has 43 heavy (non-hydrogen) atoms. The molecule has 1 aliphatic carbocycles. The normalized spacial score (nSPS) is 17.3. The lowest BCUT2D eigenvalue weighted by molar-refractivity contribution is 0.0755. The van der Waals surface area contributed by atoms with Gasteiger partial charge >= 0.3 is 0 Å². The minimum absolute atomic E-state index is 0.000641. The fraction of sp³-hybridized carbons (Fsp3) is 0.412. The molecule has 0 heterocycles. The number of aryl methyl sites for hydroxylation is 1. The number of hydrogen-bond donors (Lipinski definition) is 4. The number of aliphatic hydroxyl groups excluding tert-OH is 2. The minimum atomic E-state index is -1.18. The van der Waals surface area contributed by atoms with Crippen molar-refractivity contribution in [3.63, 3.8) is 0 Å². The SMILES string of the molecule is CCCN(CCC)C(=O)c1cc(C)cc(C(=O)N[C@@H](Cc2cc(F)cc(F)c2)[C@H](O)CN[C@H]2c3ccccc3C[C@H]2O)c1. The highest BCUT2D eigenvalue weighted by molar-refractivity contribution is 6.00. The predicted molar refractivity (Wildman–Crippen MR) is 162 cm³/mol. The van der Waals surface area contributed by atoms with E-state index in [1.54, 1.807) is 30.0 Å². The highest BCUT2D eigenvalue weighted by Gasteiger charge is 2.32. The average molecular weight is 594 g/mol. The number of nitrogens with zero attached hydrogens (tertiary/aromatic N) is 1. The van der Waals surface area contributed by atoms with Crippen molar-refractivity contribution < 1.29 is 28.6 Å². The fourth-order valence-electron chi connectivity index (χ4n) is 5.80. The minimum Gasteiger partial charge on any atom is -0.391 e. The zero-order valence-corrected chi connectivity index (χ0v) is 24.9. The van der Waals surface area contributed by atoms with Crippen molar-refractivity contribution in [3.8, 4) is 0 Å². The summed E-state index contributed by atoms with van der Waals surface area (Å²) >= 11 is 0. The molecule has 4 rings (SSSR count). The molecule has 0 bridgehead atoms. The summed E-state index contributed by atoms with van der Waals surface area (Å²) in [4.78, 5) is 28.6. The van der Waals surface area contributed by atoms with Gasteiger partial charge in [0, 0.05) is 43.2 Å². The van der Waals surface area contributed by atoms with Crippen LogP contribution in [0.4, 0.5) is 8.78 Å². The second kappa shape index (κ2) is 14.7. The molecule has 0 aliphatic heterocycles. The van der Waals surface area contributed by atoms with Crippen molar-refractivity contribution in [2.75, 3.05) is 19.6 Å². The third kappa shape index (κ3) is 8.25. The van der Waals surface area contributed by atoms with Crippen molar-refractivity contribution >= 4 is 11.8 Å². The first kappa shape index (κ1) is 32.3. The summed E-state index contributed by atoms with van der Waals surface area (Å²) in [6.45, 7) is 7.01. The highest BCUT2D eigenvalue weighted by Crippen LogP contribution is 2.31. The van der Waals surface area contributed by atoms with Crippen molar-refractivity contribution in [2.24, 2.45) is 0 Å². The molecule has 7 nitrogen and oxygen atoms in total. The lowest BCUT2D eigenvalue weighted by atomic mass is 9.98. The first-order valence-electron chi connectivity index (χ1n) is 14.9.